The van der Waals surface area contributed by atoms with Gasteiger partial charge in [0.25, 0.3) is 0 Å². The molecule has 0 aliphatic heterocycles. The Morgan fingerprint density at radius 3 is 2.61 bits per heavy atom. The van der Waals surface area contributed by atoms with E-state index in [4.69, 9.17) is 15.7 Å². The fraction of sp³-hybridized carbons (Fsp3) is 0.222. The molecular formula is C27H25N5O. The van der Waals surface area contributed by atoms with Crippen LogP contribution >= 0.6 is 0 Å². The van der Waals surface area contributed by atoms with Gasteiger partial charge in [-0.3, -0.25) is 4.40 Å². The van der Waals surface area contributed by atoms with Crippen molar-refractivity contribution in [2.45, 2.75) is 37.7 Å². The summed E-state index contributed by atoms with van der Waals surface area (Å²) in [6, 6.07) is 20.5. The van der Waals surface area contributed by atoms with Crippen molar-refractivity contribution in [3.8, 4) is 22.5 Å². The lowest BCUT2D eigenvalue weighted by molar-refractivity contribution is -0.0536. The quantitative estimate of drug-likeness (QED) is 0.404. The van der Waals surface area contributed by atoms with Crippen LogP contribution < -0.4 is 5.73 Å². The first-order chi connectivity index (χ1) is 16.0. The van der Waals surface area contributed by atoms with Gasteiger partial charge in [0, 0.05) is 34.8 Å². The fourth-order valence-electron chi connectivity index (χ4n) is 4.94. The highest BCUT2D eigenvalue weighted by molar-refractivity contribution is 5.91. The first kappa shape index (κ1) is 19.9. The van der Waals surface area contributed by atoms with Crippen molar-refractivity contribution in [1.29, 1.82) is 0 Å². The molecule has 1 aliphatic rings. The Kier molecular flexibility index (Phi) is 4.45. The number of fused-ring (bicyclic) bond motifs is 2. The highest BCUT2D eigenvalue weighted by atomic mass is 16.3. The molecule has 33 heavy (non-hydrogen) atoms. The molecule has 3 N–H and O–H groups in total. The van der Waals surface area contributed by atoms with Crippen LogP contribution in [0.15, 0.2) is 73.1 Å². The molecule has 1 fully saturated rings. The number of anilines is 1. The standard InChI is InChI=1S/C27H25N5O/c1-2-27(33)15-20(16-27)26-31-23(24-25(28)29-12-13-32(24)26)19-9-8-18-10-11-21(30-22(18)14-19)17-6-4-3-5-7-17/h3-14,20,33H,2,15-16H2,1H3,(H2,28,29)/t20-,27-. The molecule has 5 aromatic rings. The highest BCUT2D eigenvalue weighted by Crippen LogP contribution is 2.47. The molecular weight excluding hydrogens is 410 g/mol. The minimum absolute atomic E-state index is 0.196. The third-order valence-electron chi connectivity index (χ3n) is 6.92. The van der Waals surface area contributed by atoms with E-state index in [9.17, 15) is 5.11 Å². The second kappa shape index (κ2) is 7.39. The Morgan fingerprint density at radius 2 is 1.82 bits per heavy atom. The van der Waals surface area contributed by atoms with Crippen LogP contribution in [0.2, 0.25) is 0 Å². The average Bonchev–Trinajstić information content (AvgIpc) is 3.22. The number of nitrogens with two attached hydrogens (primary N) is 1. The van der Waals surface area contributed by atoms with E-state index in [0.717, 1.165) is 51.2 Å². The Balaban J connectivity index is 1.48. The maximum absolute atomic E-state index is 10.6. The van der Waals surface area contributed by atoms with Crippen molar-refractivity contribution >= 4 is 22.2 Å². The molecule has 1 saturated carbocycles. The number of pyridine rings is 1. The van der Waals surface area contributed by atoms with Crippen LogP contribution in [-0.2, 0) is 0 Å². The van der Waals surface area contributed by atoms with Gasteiger partial charge in [-0.2, -0.15) is 0 Å². The van der Waals surface area contributed by atoms with Crippen LogP contribution in [0.5, 0.6) is 0 Å². The maximum atomic E-state index is 10.6. The first-order valence-electron chi connectivity index (χ1n) is 11.4. The minimum Gasteiger partial charge on any atom is -0.390 e. The molecule has 6 heteroatoms. The van der Waals surface area contributed by atoms with Gasteiger partial charge in [-0.25, -0.2) is 15.0 Å². The lowest BCUT2D eigenvalue weighted by atomic mass is 9.69. The molecule has 1 aliphatic carbocycles. The zero-order valence-corrected chi connectivity index (χ0v) is 18.4. The molecule has 6 rings (SSSR count). The topological polar surface area (TPSA) is 89.3 Å². The maximum Gasteiger partial charge on any atom is 0.150 e. The van der Waals surface area contributed by atoms with Crippen molar-refractivity contribution in [3.05, 3.63) is 78.9 Å². The van der Waals surface area contributed by atoms with Crippen LogP contribution in [0.4, 0.5) is 5.82 Å². The molecule has 0 spiro atoms. The number of imidazole rings is 1. The third-order valence-corrected chi connectivity index (χ3v) is 6.92. The van der Waals surface area contributed by atoms with Gasteiger partial charge in [0.2, 0.25) is 0 Å². The number of nitrogen functional groups attached to an aromatic ring is 1. The molecule has 6 nitrogen and oxygen atoms in total. The van der Waals surface area contributed by atoms with Crippen molar-refractivity contribution in [3.63, 3.8) is 0 Å². The van der Waals surface area contributed by atoms with Gasteiger partial charge in [-0.15, -0.1) is 0 Å². The Hall–Kier alpha value is -3.77. The summed E-state index contributed by atoms with van der Waals surface area (Å²) in [5.41, 5.74) is 11.2. The predicted octanol–water partition coefficient (Wildman–Crippen LogP) is 5.21. The normalized spacial score (nSPS) is 20.2. The van der Waals surface area contributed by atoms with E-state index in [1.165, 1.54) is 0 Å². The van der Waals surface area contributed by atoms with Crippen molar-refractivity contribution in [2.24, 2.45) is 0 Å². The number of aromatic nitrogens is 4. The highest BCUT2D eigenvalue weighted by Gasteiger charge is 2.44. The van der Waals surface area contributed by atoms with Crippen molar-refractivity contribution < 1.29 is 5.11 Å². The van der Waals surface area contributed by atoms with Crippen LogP contribution in [0.1, 0.15) is 37.9 Å². The van der Waals surface area contributed by atoms with Gasteiger partial charge in [-0.1, -0.05) is 55.5 Å². The van der Waals surface area contributed by atoms with Crippen LogP contribution in [-0.4, -0.2) is 30.1 Å². The van der Waals surface area contributed by atoms with Gasteiger partial charge >= 0.3 is 0 Å². The van der Waals surface area contributed by atoms with E-state index in [0.29, 0.717) is 18.7 Å². The van der Waals surface area contributed by atoms with E-state index < -0.39 is 5.60 Å². The fourth-order valence-corrected chi connectivity index (χ4v) is 4.94. The Labute approximate surface area is 191 Å². The van der Waals surface area contributed by atoms with E-state index in [1.807, 2.05) is 35.7 Å². The summed E-state index contributed by atoms with van der Waals surface area (Å²) in [6.07, 6.45) is 5.79. The second-order valence-corrected chi connectivity index (χ2v) is 9.00. The monoisotopic (exact) mass is 435 g/mol. The average molecular weight is 436 g/mol. The molecule has 3 heterocycles. The molecule has 0 bridgehead atoms. The SMILES string of the molecule is CC[C@]1(O)C[C@H](c2nc(-c3ccc4ccc(-c5ccccc5)nc4c3)c3c(N)nccn32)C1. The van der Waals surface area contributed by atoms with E-state index in [1.54, 1.807) is 6.20 Å². The minimum atomic E-state index is -0.587. The van der Waals surface area contributed by atoms with Crippen molar-refractivity contribution in [2.75, 3.05) is 5.73 Å². The zero-order valence-electron chi connectivity index (χ0n) is 18.4. The summed E-state index contributed by atoms with van der Waals surface area (Å²) >= 11 is 0. The van der Waals surface area contributed by atoms with Gasteiger partial charge < -0.3 is 10.8 Å². The summed E-state index contributed by atoms with van der Waals surface area (Å²) in [6.45, 7) is 2.03. The molecule has 0 unspecified atom stereocenters. The molecule has 3 aromatic heterocycles. The lowest BCUT2D eigenvalue weighted by Crippen LogP contribution is -2.42. The van der Waals surface area contributed by atoms with E-state index >= 15 is 0 Å². The predicted molar refractivity (Wildman–Crippen MR) is 131 cm³/mol. The summed E-state index contributed by atoms with van der Waals surface area (Å²) in [4.78, 5) is 14.3. The number of aliphatic hydroxyl groups is 1. The molecule has 0 amide bonds. The number of hydrogen-bond donors (Lipinski definition) is 2. The number of benzene rings is 2. The molecule has 164 valence electrons. The van der Waals surface area contributed by atoms with Gasteiger partial charge in [0.1, 0.15) is 22.9 Å². The summed E-state index contributed by atoms with van der Waals surface area (Å²) in [5, 5.41) is 11.6. The van der Waals surface area contributed by atoms with Gasteiger partial charge in [0.15, 0.2) is 0 Å². The van der Waals surface area contributed by atoms with Gasteiger partial charge in [0.05, 0.1) is 16.8 Å². The summed E-state index contributed by atoms with van der Waals surface area (Å²) < 4.78 is 2.04. The first-order valence-corrected chi connectivity index (χ1v) is 11.4. The third kappa shape index (κ3) is 3.26. The molecule has 0 radical (unpaired) electrons. The number of hydrogen-bond acceptors (Lipinski definition) is 5. The Bertz CT molecular complexity index is 1490. The van der Waals surface area contributed by atoms with Crippen LogP contribution in [0, 0.1) is 0 Å². The smallest absolute Gasteiger partial charge is 0.150 e. The van der Waals surface area contributed by atoms with Crippen LogP contribution in [0.25, 0.3) is 38.9 Å². The lowest BCUT2D eigenvalue weighted by Gasteiger charge is -2.42. The van der Waals surface area contributed by atoms with E-state index in [-0.39, 0.29) is 5.92 Å². The number of rotatable bonds is 4. The molecule has 0 saturated heterocycles. The molecule has 2 aromatic carbocycles. The van der Waals surface area contributed by atoms with E-state index in [2.05, 4.69) is 47.4 Å². The largest absolute Gasteiger partial charge is 0.390 e. The van der Waals surface area contributed by atoms with Crippen molar-refractivity contribution in [1.82, 2.24) is 19.4 Å². The van der Waals surface area contributed by atoms with Crippen LogP contribution in [0.3, 0.4) is 0 Å². The Morgan fingerprint density at radius 1 is 1.03 bits per heavy atom. The zero-order chi connectivity index (χ0) is 22.6. The summed E-state index contributed by atoms with van der Waals surface area (Å²) in [7, 11) is 0. The second-order valence-electron chi connectivity index (χ2n) is 9.00. The number of nitrogens with zero attached hydrogens (tertiary/aromatic N) is 4. The van der Waals surface area contributed by atoms with Gasteiger partial charge in [-0.05, 0) is 31.4 Å². The summed E-state index contributed by atoms with van der Waals surface area (Å²) in [5.74, 6) is 1.57. The molecule has 0 atom stereocenters.